The molecule has 3 aromatic carbocycles. The van der Waals surface area contributed by atoms with Crippen LogP contribution in [0.3, 0.4) is 0 Å². The third-order valence-corrected chi connectivity index (χ3v) is 5.69. The third-order valence-electron chi connectivity index (χ3n) is 5.69. The van der Waals surface area contributed by atoms with E-state index in [1.165, 1.54) is 5.56 Å². The molecule has 4 rings (SSSR count). The monoisotopic (exact) mass is 430 g/mol. The first kappa shape index (κ1) is 21.4. The molecule has 3 aromatic rings. The average Bonchev–Trinajstić information content (AvgIpc) is 3.22. The number of amides is 2. The van der Waals surface area contributed by atoms with E-state index in [9.17, 15) is 9.59 Å². The first-order valence-corrected chi connectivity index (χ1v) is 10.5. The fourth-order valence-corrected chi connectivity index (χ4v) is 3.97. The van der Waals surface area contributed by atoms with Crippen molar-refractivity contribution in [2.75, 3.05) is 31.0 Å². The smallest absolute Gasteiger partial charge is 0.229 e. The van der Waals surface area contributed by atoms with E-state index in [1.807, 2.05) is 42.5 Å². The van der Waals surface area contributed by atoms with Gasteiger partial charge in [-0.25, -0.2) is 0 Å². The van der Waals surface area contributed by atoms with Crippen LogP contribution in [0.25, 0.3) is 0 Å². The topological polar surface area (TPSA) is 67.9 Å². The summed E-state index contributed by atoms with van der Waals surface area (Å²) in [5, 5.41) is 3.04. The third kappa shape index (κ3) is 4.59. The Labute approximate surface area is 187 Å². The molecule has 1 atom stereocenters. The van der Waals surface area contributed by atoms with Gasteiger partial charge in [0.15, 0.2) is 11.5 Å². The summed E-state index contributed by atoms with van der Waals surface area (Å²) >= 11 is 0. The van der Waals surface area contributed by atoms with Crippen LogP contribution in [-0.2, 0) is 16.0 Å². The fourth-order valence-electron chi connectivity index (χ4n) is 3.97. The van der Waals surface area contributed by atoms with E-state index >= 15 is 0 Å². The predicted octanol–water partition coefficient (Wildman–Crippen LogP) is 4.29. The molecule has 1 fully saturated rings. The highest BCUT2D eigenvalue weighted by atomic mass is 16.5. The number of ether oxygens (including phenoxy) is 2. The number of anilines is 2. The minimum Gasteiger partial charge on any atom is -0.493 e. The molecule has 1 aliphatic rings. The van der Waals surface area contributed by atoms with Gasteiger partial charge >= 0.3 is 0 Å². The number of carbonyl (C=O) groups is 2. The highest BCUT2D eigenvalue weighted by molar-refractivity contribution is 6.03. The zero-order valence-corrected chi connectivity index (χ0v) is 18.2. The molecule has 32 heavy (non-hydrogen) atoms. The second-order valence-electron chi connectivity index (χ2n) is 7.75. The standard InChI is InChI=1S/C26H26N2O4/c1-31-23-13-12-21(16-24(23)32-2)28-17-20(15-25(28)29)26(30)27-22-11-7-6-10-19(22)14-18-8-4-3-5-9-18/h3-13,16,20H,14-15,17H2,1-2H3,(H,27,30). The van der Waals surface area contributed by atoms with Crippen LogP contribution in [0.1, 0.15) is 17.5 Å². The minimum absolute atomic E-state index is 0.0880. The van der Waals surface area contributed by atoms with Crippen LogP contribution < -0.4 is 19.7 Å². The molecule has 1 aliphatic heterocycles. The Hall–Kier alpha value is -3.80. The summed E-state index contributed by atoms with van der Waals surface area (Å²) in [6.07, 6.45) is 0.889. The van der Waals surface area contributed by atoms with E-state index in [2.05, 4.69) is 17.4 Å². The number of rotatable bonds is 7. The van der Waals surface area contributed by atoms with Gasteiger partial charge in [0, 0.05) is 30.4 Å². The molecule has 0 bridgehead atoms. The van der Waals surface area contributed by atoms with E-state index in [4.69, 9.17) is 9.47 Å². The maximum absolute atomic E-state index is 13.0. The molecule has 1 unspecified atom stereocenters. The normalized spacial score (nSPS) is 15.5. The summed E-state index contributed by atoms with van der Waals surface area (Å²) < 4.78 is 10.6. The highest BCUT2D eigenvalue weighted by Gasteiger charge is 2.35. The largest absolute Gasteiger partial charge is 0.493 e. The Morgan fingerprint density at radius 2 is 1.69 bits per heavy atom. The van der Waals surface area contributed by atoms with Crippen molar-refractivity contribution >= 4 is 23.2 Å². The van der Waals surface area contributed by atoms with Gasteiger partial charge in [-0.2, -0.15) is 0 Å². The number of hydrogen-bond acceptors (Lipinski definition) is 4. The second-order valence-corrected chi connectivity index (χ2v) is 7.75. The van der Waals surface area contributed by atoms with E-state index in [0.29, 0.717) is 23.7 Å². The van der Waals surface area contributed by atoms with Gasteiger partial charge < -0.3 is 19.7 Å². The molecular formula is C26H26N2O4. The molecule has 1 saturated heterocycles. The van der Waals surface area contributed by atoms with Crippen LogP contribution in [-0.4, -0.2) is 32.6 Å². The molecule has 0 aliphatic carbocycles. The van der Waals surface area contributed by atoms with Crippen LogP contribution in [0, 0.1) is 5.92 Å². The zero-order chi connectivity index (χ0) is 22.5. The minimum atomic E-state index is -0.430. The first-order chi connectivity index (χ1) is 15.6. The Morgan fingerprint density at radius 1 is 0.969 bits per heavy atom. The van der Waals surface area contributed by atoms with Crippen molar-refractivity contribution in [3.63, 3.8) is 0 Å². The average molecular weight is 431 g/mol. The molecule has 0 saturated carbocycles. The molecule has 0 aromatic heterocycles. The number of para-hydroxylation sites is 1. The highest BCUT2D eigenvalue weighted by Crippen LogP contribution is 2.34. The lowest BCUT2D eigenvalue weighted by atomic mass is 10.0. The molecule has 0 radical (unpaired) electrons. The molecule has 164 valence electrons. The summed E-state index contributed by atoms with van der Waals surface area (Å²) in [5.74, 6) is 0.463. The molecule has 6 heteroatoms. The van der Waals surface area contributed by atoms with E-state index in [-0.39, 0.29) is 18.2 Å². The maximum Gasteiger partial charge on any atom is 0.229 e. The van der Waals surface area contributed by atoms with E-state index < -0.39 is 5.92 Å². The summed E-state index contributed by atoms with van der Waals surface area (Å²) in [4.78, 5) is 27.3. The first-order valence-electron chi connectivity index (χ1n) is 10.5. The lowest BCUT2D eigenvalue weighted by Gasteiger charge is -2.19. The molecular weight excluding hydrogens is 404 g/mol. The van der Waals surface area contributed by atoms with Crippen LogP contribution in [0.5, 0.6) is 11.5 Å². The second kappa shape index (κ2) is 9.56. The number of carbonyl (C=O) groups excluding carboxylic acids is 2. The van der Waals surface area contributed by atoms with Gasteiger partial charge in [0.05, 0.1) is 20.1 Å². The summed E-state index contributed by atoms with van der Waals surface area (Å²) in [7, 11) is 3.12. The zero-order valence-electron chi connectivity index (χ0n) is 18.2. The number of hydrogen-bond donors (Lipinski definition) is 1. The molecule has 2 amide bonds. The Morgan fingerprint density at radius 3 is 2.44 bits per heavy atom. The van der Waals surface area contributed by atoms with Crippen LogP contribution in [0.4, 0.5) is 11.4 Å². The van der Waals surface area contributed by atoms with Crippen molar-refractivity contribution in [1.29, 1.82) is 0 Å². The van der Waals surface area contributed by atoms with Crippen LogP contribution in [0.2, 0.25) is 0 Å². The van der Waals surface area contributed by atoms with Gasteiger partial charge in [0.25, 0.3) is 0 Å². The molecule has 6 nitrogen and oxygen atoms in total. The van der Waals surface area contributed by atoms with E-state index in [0.717, 1.165) is 17.7 Å². The Kier molecular flexibility index (Phi) is 6.40. The van der Waals surface area contributed by atoms with Gasteiger partial charge in [-0.05, 0) is 35.7 Å². The number of benzene rings is 3. The van der Waals surface area contributed by atoms with Gasteiger partial charge in [-0.15, -0.1) is 0 Å². The van der Waals surface area contributed by atoms with Gasteiger partial charge in [-0.1, -0.05) is 48.5 Å². The lowest BCUT2D eigenvalue weighted by Crippen LogP contribution is -2.28. The molecule has 1 heterocycles. The fraction of sp³-hybridized carbons (Fsp3) is 0.231. The van der Waals surface area contributed by atoms with Gasteiger partial charge in [0.1, 0.15) is 0 Å². The van der Waals surface area contributed by atoms with Crippen molar-refractivity contribution < 1.29 is 19.1 Å². The summed E-state index contributed by atoms with van der Waals surface area (Å²) in [6, 6.07) is 23.2. The van der Waals surface area contributed by atoms with Crippen molar-refractivity contribution in [3.05, 3.63) is 83.9 Å². The Bertz CT molecular complexity index is 1110. The number of nitrogens with zero attached hydrogens (tertiary/aromatic N) is 1. The summed E-state index contributed by atoms with van der Waals surface area (Å²) in [5.41, 5.74) is 3.67. The maximum atomic E-state index is 13.0. The van der Waals surface area contributed by atoms with Gasteiger partial charge in [0.2, 0.25) is 11.8 Å². The number of nitrogens with one attached hydrogen (secondary N) is 1. The van der Waals surface area contributed by atoms with Crippen molar-refractivity contribution in [3.8, 4) is 11.5 Å². The lowest BCUT2D eigenvalue weighted by molar-refractivity contribution is -0.122. The number of methoxy groups -OCH3 is 2. The Balaban J connectivity index is 1.47. The van der Waals surface area contributed by atoms with Gasteiger partial charge in [-0.3, -0.25) is 9.59 Å². The van der Waals surface area contributed by atoms with Crippen molar-refractivity contribution in [2.24, 2.45) is 5.92 Å². The van der Waals surface area contributed by atoms with Crippen molar-refractivity contribution in [2.45, 2.75) is 12.8 Å². The molecule has 1 N–H and O–H groups in total. The van der Waals surface area contributed by atoms with Crippen LogP contribution >= 0.6 is 0 Å². The van der Waals surface area contributed by atoms with Crippen LogP contribution in [0.15, 0.2) is 72.8 Å². The molecule has 0 spiro atoms. The van der Waals surface area contributed by atoms with E-state index in [1.54, 1.807) is 37.3 Å². The predicted molar refractivity (Wildman–Crippen MR) is 124 cm³/mol. The quantitative estimate of drug-likeness (QED) is 0.607. The summed E-state index contributed by atoms with van der Waals surface area (Å²) in [6.45, 7) is 0.320. The SMILES string of the molecule is COc1ccc(N2CC(C(=O)Nc3ccccc3Cc3ccccc3)CC2=O)cc1OC. The van der Waals surface area contributed by atoms with Crippen molar-refractivity contribution in [1.82, 2.24) is 0 Å².